The molecule has 3 rings (SSSR count). The second kappa shape index (κ2) is 6.70. The first kappa shape index (κ1) is 17.2. The molecule has 1 aliphatic heterocycles. The molecule has 2 aromatic carbocycles. The number of urea groups is 1. The Bertz CT molecular complexity index is 920. The summed E-state index contributed by atoms with van der Waals surface area (Å²) in [4.78, 5) is 38.0. The normalized spacial score (nSPS) is 16.4. The number of anilines is 1. The Morgan fingerprint density at radius 1 is 0.960 bits per heavy atom. The minimum atomic E-state index is -0.811. The van der Waals surface area contributed by atoms with E-state index in [9.17, 15) is 14.4 Å². The number of imide groups is 2. The van der Waals surface area contributed by atoms with Crippen LogP contribution in [0, 0.1) is 6.92 Å². The van der Waals surface area contributed by atoms with Crippen molar-refractivity contribution < 1.29 is 14.4 Å². The predicted octanol–water partition coefficient (Wildman–Crippen LogP) is 3.97. The average molecular weight is 375 g/mol. The molecule has 0 radical (unpaired) electrons. The monoisotopic (exact) mass is 374 g/mol. The van der Waals surface area contributed by atoms with Crippen molar-refractivity contribution in [3.63, 3.8) is 0 Å². The molecule has 7 heteroatoms. The molecular weight excluding hydrogens is 363 g/mol. The lowest BCUT2D eigenvalue weighted by Gasteiger charge is -2.27. The highest BCUT2D eigenvalue weighted by molar-refractivity contribution is 6.39. The van der Waals surface area contributed by atoms with E-state index in [0.29, 0.717) is 26.9 Å². The van der Waals surface area contributed by atoms with Crippen molar-refractivity contribution in [3.05, 3.63) is 69.2 Å². The number of halogens is 2. The largest absolute Gasteiger partial charge is 0.335 e. The summed E-state index contributed by atoms with van der Waals surface area (Å²) in [5.41, 5.74) is 1.46. The Morgan fingerprint density at radius 3 is 2.28 bits per heavy atom. The van der Waals surface area contributed by atoms with Gasteiger partial charge in [0.25, 0.3) is 11.8 Å². The zero-order chi connectivity index (χ0) is 18.1. The third-order valence-electron chi connectivity index (χ3n) is 3.69. The van der Waals surface area contributed by atoms with Crippen molar-refractivity contribution >= 4 is 52.8 Å². The van der Waals surface area contributed by atoms with Gasteiger partial charge >= 0.3 is 6.03 Å². The van der Waals surface area contributed by atoms with Crippen LogP contribution < -0.4 is 10.2 Å². The maximum absolute atomic E-state index is 12.8. The molecule has 1 fully saturated rings. The van der Waals surface area contributed by atoms with Crippen LogP contribution in [0.2, 0.25) is 10.0 Å². The SMILES string of the molecule is Cc1ccc(Cl)cc1N1C(=O)NC(=O)/C(=C\c2ccc(Cl)cc2)C1=O. The molecule has 0 unspecified atom stereocenters. The van der Waals surface area contributed by atoms with E-state index >= 15 is 0 Å². The summed E-state index contributed by atoms with van der Waals surface area (Å²) in [7, 11) is 0. The molecule has 2 aromatic rings. The number of barbiturate groups is 1. The van der Waals surface area contributed by atoms with Gasteiger partial charge in [0.1, 0.15) is 5.57 Å². The summed E-state index contributed by atoms with van der Waals surface area (Å²) in [6.07, 6.45) is 1.41. The fourth-order valence-corrected chi connectivity index (χ4v) is 2.72. The third kappa shape index (κ3) is 3.43. The number of hydrogen-bond acceptors (Lipinski definition) is 3. The van der Waals surface area contributed by atoms with Gasteiger partial charge in [-0.25, -0.2) is 9.69 Å². The Kier molecular flexibility index (Phi) is 4.61. The first-order chi connectivity index (χ1) is 11.9. The van der Waals surface area contributed by atoms with E-state index in [1.807, 2.05) is 0 Å². The molecule has 1 N–H and O–H groups in total. The number of carbonyl (C=O) groups excluding carboxylic acids is 3. The van der Waals surface area contributed by atoms with Crippen molar-refractivity contribution in [2.24, 2.45) is 0 Å². The van der Waals surface area contributed by atoms with Gasteiger partial charge < -0.3 is 0 Å². The fourth-order valence-electron chi connectivity index (χ4n) is 2.43. The van der Waals surface area contributed by atoms with Gasteiger partial charge in [0, 0.05) is 10.0 Å². The fraction of sp³-hybridized carbons (Fsp3) is 0.0556. The van der Waals surface area contributed by atoms with Gasteiger partial charge in [0.05, 0.1) is 5.69 Å². The van der Waals surface area contributed by atoms with Crippen molar-refractivity contribution in [3.8, 4) is 0 Å². The summed E-state index contributed by atoms with van der Waals surface area (Å²) in [6, 6.07) is 10.7. The van der Waals surface area contributed by atoms with Gasteiger partial charge in [0.2, 0.25) is 0 Å². The minimum Gasteiger partial charge on any atom is -0.273 e. The van der Waals surface area contributed by atoms with E-state index in [-0.39, 0.29) is 5.57 Å². The van der Waals surface area contributed by atoms with Gasteiger partial charge in [-0.1, -0.05) is 41.4 Å². The Balaban J connectivity index is 2.05. The van der Waals surface area contributed by atoms with Crippen LogP contribution in [0.4, 0.5) is 10.5 Å². The summed E-state index contributed by atoms with van der Waals surface area (Å²) < 4.78 is 0. The number of aryl methyl sites for hydroxylation is 1. The lowest BCUT2D eigenvalue weighted by molar-refractivity contribution is -0.122. The van der Waals surface area contributed by atoms with Crippen LogP contribution in [-0.2, 0) is 9.59 Å². The lowest BCUT2D eigenvalue weighted by Crippen LogP contribution is -2.54. The quantitative estimate of drug-likeness (QED) is 0.638. The zero-order valence-corrected chi connectivity index (χ0v) is 14.6. The van der Waals surface area contributed by atoms with Crippen LogP contribution in [0.1, 0.15) is 11.1 Å². The summed E-state index contributed by atoms with van der Waals surface area (Å²) in [5.74, 6) is -1.46. The van der Waals surface area contributed by atoms with Crippen LogP contribution in [-0.4, -0.2) is 17.8 Å². The van der Waals surface area contributed by atoms with Crippen LogP contribution in [0.5, 0.6) is 0 Å². The molecule has 25 heavy (non-hydrogen) atoms. The number of benzene rings is 2. The lowest BCUT2D eigenvalue weighted by atomic mass is 10.1. The van der Waals surface area contributed by atoms with Gasteiger partial charge in [-0.05, 0) is 48.4 Å². The molecule has 0 bridgehead atoms. The standard InChI is InChI=1S/C18H12Cl2N2O3/c1-10-2-5-13(20)9-15(10)22-17(24)14(16(23)21-18(22)25)8-11-3-6-12(19)7-4-11/h2-9H,1H3,(H,21,23,25)/b14-8+. The molecule has 126 valence electrons. The van der Waals surface area contributed by atoms with Crippen LogP contribution in [0.25, 0.3) is 6.08 Å². The molecular formula is C18H12Cl2N2O3. The van der Waals surface area contributed by atoms with Crippen molar-refractivity contribution in [2.75, 3.05) is 4.90 Å². The Morgan fingerprint density at radius 2 is 1.60 bits per heavy atom. The van der Waals surface area contributed by atoms with Crippen LogP contribution in [0.3, 0.4) is 0 Å². The van der Waals surface area contributed by atoms with E-state index in [4.69, 9.17) is 23.2 Å². The smallest absolute Gasteiger partial charge is 0.273 e. The van der Waals surface area contributed by atoms with Crippen molar-refractivity contribution in [2.45, 2.75) is 6.92 Å². The predicted molar refractivity (Wildman–Crippen MR) is 96.6 cm³/mol. The molecule has 0 atom stereocenters. The second-order valence-corrected chi connectivity index (χ2v) is 6.31. The van der Waals surface area contributed by atoms with Crippen molar-refractivity contribution in [1.82, 2.24) is 5.32 Å². The summed E-state index contributed by atoms with van der Waals surface area (Å²) >= 11 is 11.8. The van der Waals surface area contributed by atoms with Gasteiger partial charge in [-0.15, -0.1) is 0 Å². The van der Waals surface area contributed by atoms with Gasteiger partial charge in [-0.3, -0.25) is 14.9 Å². The summed E-state index contributed by atoms with van der Waals surface area (Å²) in [5, 5.41) is 3.09. The Hall–Kier alpha value is -2.63. The maximum Gasteiger partial charge on any atom is 0.335 e. The molecule has 0 saturated carbocycles. The number of amides is 4. The average Bonchev–Trinajstić information content (AvgIpc) is 2.56. The molecule has 1 aliphatic rings. The van der Waals surface area contributed by atoms with Crippen LogP contribution in [0.15, 0.2) is 48.0 Å². The highest BCUT2D eigenvalue weighted by atomic mass is 35.5. The van der Waals surface area contributed by atoms with Gasteiger partial charge in [0.15, 0.2) is 0 Å². The first-order valence-corrected chi connectivity index (χ1v) is 8.05. The van der Waals surface area contributed by atoms with E-state index in [1.165, 1.54) is 12.1 Å². The second-order valence-electron chi connectivity index (χ2n) is 5.44. The molecule has 1 saturated heterocycles. The third-order valence-corrected chi connectivity index (χ3v) is 4.18. The van der Waals surface area contributed by atoms with E-state index < -0.39 is 17.8 Å². The Labute approximate surface area is 153 Å². The van der Waals surface area contributed by atoms with Crippen molar-refractivity contribution in [1.29, 1.82) is 0 Å². The number of hydrogen-bond donors (Lipinski definition) is 1. The van der Waals surface area contributed by atoms with E-state index in [0.717, 1.165) is 4.90 Å². The van der Waals surface area contributed by atoms with Crippen LogP contribution >= 0.6 is 23.2 Å². The number of carbonyl (C=O) groups is 3. The maximum atomic E-state index is 12.8. The highest BCUT2D eigenvalue weighted by Crippen LogP contribution is 2.28. The number of rotatable bonds is 2. The number of nitrogens with one attached hydrogen (secondary N) is 1. The molecule has 1 heterocycles. The molecule has 4 amide bonds. The molecule has 0 aliphatic carbocycles. The minimum absolute atomic E-state index is 0.152. The molecule has 5 nitrogen and oxygen atoms in total. The van der Waals surface area contributed by atoms with E-state index in [1.54, 1.807) is 43.3 Å². The first-order valence-electron chi connectivity index (χ1n) is 7.30. The molecule has 0 aromatic heterocycles. The number of nitrogens with zero attached hydrogens (tertiary/aromatic N) is 1. The summed E-state index contributed by atoms with van der Waals surface area (Å²) in [6.45, 7) is 1.74. The topological polar surface area (TPSA) is 66.5 Å². The van der Waals surface area contributed by atoms with Gasteiger partial charge in [-0.2, -0.15) is 0 Å². The zero-order valence-electron chi connectivity index (χ0n) is 13.0. The highest BCUT2D eigenvalue weighted by Gasteiger charge is 2.37. The van der Waals surface area contributed by atoms with E-state index in [2.05, 4.69) is 5.32 Å². The molecule has 0 spiro atoms.